The summed E-state index contributed by atoms with van der Waals surface area (Å²) in [6.07, 6.45) is -2.56. The van der Waals surface area contributed by atoms with E-state index in [4.69, 9.17) is 9.47 Å². The van der Waals surface area contributed by atoms with E-state index in [2.05, 4.69) is 4.74 Å². The topological polar surface area (TPSA) is 85.2 Å². The molecule has 0 radical (unpaired) electrons. The van der Waals surface area contributed by atoms with Crippen LogP contribution in [0.15, 0.2) is 42.2 Å². The Morgan fingerprint density at radius 2 is 2.00 bits per heavy atom. The van der Waals surface area contributed by atoms with Crippen LogP contribution in [-0.2, 0) is 25.6 Å². The maximum absolute atomic E-state index is 11.4. The number of hydrogen-bond donors (Lipinski definition) is 2. The van der Waals surface area contributed by atoms with Crippen LogP contribution in [0.5, 0.6) is 0 Å². The molecule has 1 aromatic rings. The Balaban J connectivity index is 2.01. The molecular weight excluding hydrogens is 264 g/mol. The first-order chi connectivity index (χ1) is 9.61. The Hall–Kier alpha value is -1.89. The molecule has 0 fully saturated rings. The summed E-state index contributed by atoms with van der Waals surface area (Å²) in [7, 11) is 1.20. The van der Waals surface area contributed by atoms with E-state index < -0.39 is 24.5 Å². The Morgan fingerprint density at radius 3 is 2.65 bits per heavy atom. The Kier molecular flexibility index (Phi) is 4.73. The molecule has 0 bridgehead atoms. The third kappa shape index (κ3) is 3.36. The van der Waals surface area contributed by atoms with Crippen LogP contribution in [0.4, 0.5) is 0 Å². The number of carbonyl (C=O) groups is 1. The maximum atomic E-state index is 11.4. The van der Waals surface area contributed by atoms with Gasteiger partial charge in [0.15, 0.2) is 0 Å². The van der Waals surface area contributed by atoms with Crippen molar-refractivity contribution in [1.82, 2.24) is 0 Å². The zero-order chi connectivity index (χ0) is 14.5. The molecule has 108 valence electrons. The summed E-state index contributed by atoms with van der Waals surface area (Å²) in [5, 5.41) is 19.5. The lowest BCUT2D eigenvalue weighted by Gasteiger charge is -2.30. The van der Waals surface area contributed by atoms with E-state index in [1.165, 1.54) is 7.11 Å². The van der Waals surface area contributed by atoms with Crippen molar-refractivity contribution in [1.29, 1.82) is 0 Å². The summed E-state index contributed by atoms with van der Waals surface area (Å²) in [5.74, 6) is -0.910. The highest BCUT2D eigenvalue weighted by Crippen LogP contribution is 2.21. The minimum Gasteiger partial charge on any atom is -0.463 e. The van der Waals surface area contributed by atoms with E-state index in [1.54, 1.807) is 0 Å². The first-order valence-electron chi connectivity index (χ1n) is 6.10. The molecule has 0 saturated carbocycles. The van der Waals surface area contributed by atoms with E-state index in [0.29, 0.717) is 0 Å². The first kappa shape index (κ1) is 14.5. The van der Waals surface area contributed by atoms with E-state index >= 15 is 0 Å². The van der Waals surface area contributed by atoms with Crippen molar-refractivity contribution < 1.29 is 29.2 Å². The summed E-state index contributed by atoms with van der Waals surface area (Å²) < 4.78 is 15.1. The van der Waals surface area contributed by atoms with Gasteiger partial charge in [0.25, 0.3) is 0 Å². The van der Waals surface area contributed by atoms with Crippen molar-refractivity contribution in [2.45, 2.75) is 25.1 Å². The standard InChI is InChI=1S/C14H16O6/c1-18-13(17)11-7-10(15)12(16)14(20-11)19-8-9-5-3-2-4-6-9/h2-7,10,12,14-16H,8H2,1H3/t10-,12+,14+/m0/s1. The fourth-order valence-electron chi connectivity index (χ4n) is 1.75. The van der Waals surface area contributed by atoms with E-state index in [1.807, 2.05) is 30.3 Å². The number of aliphatic hydroxyl groups is 2. The summed E-state index contributed by atoms with van der Waals surface area (Å²) in [6.45, 7) is 0.184. The summed E-state index contributed by atoms with van der Waals surface area (Å²) in [6, 6.07) is 9.28. The highest BCUT2D eigenvalue weighted by molar-refractivity contribution is 5.86. The lowest BCUT2D eigenvalue weighted by atomic mass is 10.1. The predicted molar refractivity (Wildman–Crippen MR) is 68.2 cm³/mol. The molecule has 6 heteroatoms. The van der Waals surface area contributed by atoms with Crippen molar-refractivity contribution in [2.24, 2.45) is 0 Å². The maximum Gasteiger partial charge on any atom is 0.373 e. The number of benzene rings is 1. The Labute approximate surface area is 116 Å². The predicted octanol–water partition coefficient (Wildman–Crippen LogP) is 0.338. The van der Waals surface area contributed by atoms with Gasteiger partial charge in [0.05, 0.1) is 13.7 Å². The quantitative estimate of drug-likeness (QED) is 0.774. The lowest BCUT2D eigenvalue weighted by molar-refractivity contribution is -0.212. The second-order valence-corrected chi connectivity index (χ2v) is 4.29. The number of aliphatic hydroxyl groups excluding tert-OH is 2. The molecule has 6 nitrogen and oxygen atoms in total. The van der Waals surface area contributed by atoms with Gasteiger partial charge in [-0.25, -0.2) is 4.79 Å². The van der Waals surface area contributed by atoms with Gasteiger partial charge in [-0.05, 0) is 11.6 Å². The Bertz CT molecular complexity index is 484. The van der Waals surface area contributed by atoms with E-state index in [9.17, 15) is 15.0 Å². The molecule has 1 aromatic carbocycles. The van der Waals surface area contributed by atoms with Gasteiger partial charge in [-0.1, -0.05) is 30.3 Å². The number of methoxy groups -OCH3 is 1. The normalized spacial score (nSPS) is 25.6. The number of carbonyl (C=O) groups excluding carboxylic acids is 1. The monoisotopic (exact) mass is 280 g/mol. The van der Waals surface area contributed by atoms with Crippen LogP contribution in [0, 0.1) is 0 Å². The molecule has 1 aliphatic heterocycles. The van der Waals surface area contributed by atoms with Crippen molar-refractivity contribution in [3.05, 3.63) is 47.7 Å². The molecule has 0 amide bonds. The second kappa shape index (κ2) is 6.51. The van der Waals surface area contributed by atoms with E-state index in [0.717, 1.165) is 11.6 Å². The van der Waals surface area contributed by atoms with Gasteiger partial charge in [-0.15, -0.1) is 0 Å². The van der Waals surface area contributed by atoms with Crippen molar-refractivity contribution in [3.63, 3.8) is 0 Å². The van der Waals surface area contributed by atoms with Crippen LogP contribution in [0.25, 0.3) is 0 Å². The molecule has 2 rings (SSSR count). The van der Waals surface area contributed by atoms with Crippen LogP contribution >= 0.6 is 0 Å². The van der Waals surface area contributed by atoms with E-state index in [-0.39, 0.29) is 12.4 Å². The molecule has 0 aromatic heterocycles. The first-order valence-corrected chi connectivity index (χ1v) is 6.10. The Morgan fingerprint density at radius 1 is 1.30 bits per heavy atom. The largest absolute Gasteiger partial charge is 0.463 e. The van der Waals surface area contributed by atoms with Crippen molar-refractivity contribution in [2.75, 3.05) is 7.11 Å². The summed E-state index contributed by atoms with van der Waals surface area (Å²) >= 11 is 0. The molecule has 2 N–H and O–H groups in total. The fourth-order valence-corrected chi connectivity index (χ4v) is 1.75. The van der Waals surface area contributed by atoms with Gasteiger partial charge >= 0.3 is 5.97 Å². The fraction of sp³-hybridized carbons (Fsp3) is 0.357. The lowest BCUT2D eigenvalue weighted by Crippen LogP contribution is -2.44. The minimum atomic E-state index is -1.27. The highest BCUT2D eigenvalue weighted by Gasteiger charge is 2.35. The third-order valence-corrected chi connectivity index (χ3v) is 2.84. The molecule has 0 aliphatic carbocycles. The molecule has 3 atom stereocenters. The van der Waals surface area contributed by atoms with Gasteiger partial charge in [-0.2, -0.15) is 0 Å². The molecule has 0 spiro atoms. The van der Waals surface area contributed by atoms with Gasteiger partial charge < -0.3 is 24.4 Å². The van der Waals surface area contributed by atoms with Gasteiger partial charge in [0.1, 0.15) is 12.2 Å². The smallest absolute Gasteiger partial charge is 0.373 e. The average Bonchev–Trinajstić information content (AvgIpc) is 2.48. The molecule has 1 heterocycles. The number of esters is 1. The molecule has 1 aliphatic rings. The van der Waals surface area contributed by atoms with Crippen LogP contribution in [0.1, 0.15) is 5.56 Å². The van der Waals surface area contributed by atoms with Gasteiger partial charge in [-0.3, -0.25) is 0 Å². The summed E-state index contributed by atoms with van der Waals surface area (Å²) in [5.41, 5.74) is 0.881. The zero-order valence-electron chi connectivity index (χ0n) is 10.9. The number of hydrogen-bond acceptors (Lipinski definition) is 6. The SMILES string of the molecule is COC(=O)C1=C[C@H](O)[C@@H](O)[C@H](OCc2ccccc2)O1. The third-order valence-electron chi connectivity index (χ3n) is 2.84. The molecule has 0 saturated heterocycles. The number of ether oxygens (including phenoxy) is 3. The number of rotatable bonds is 4. The molecule has 0 unspecified atom stereocenters. The van der Waals surface area contributed by atoms with Crippen LogP contribution in [0.3, 0.4) is 0 Å². The second-order valence-electron chi connectivity index (χ2n) is 4.29. The van der Waals surface area contributed by atoms with Crippen molar-refractivity contribution >= 4 is 5.97 Å². The van der Waals surface area contributed by atoms with Gasteiger partial charge in [0, 0.05) is 0 Å². The molecule has 20 heavy (non-hydrogen) atoms. The van der Waals surface area contributed by atoms with Crippen LogP contribution in [0.2, 0.25) is 0 Å². The minimum absolute atomic E-state index is 0.177. The molecular formula is C14H16O6. The zero-order valence-corrected chi connectivity index (χ0v) is 10.9. The average molecular weight is 280 g/mol. The summed E-state index contributed by atoms with van der Waals surface area (Å²) in [4.78, 5) is 11.4. The van der Waals surface area contributed by atoms with Crippen LogP contribution < -0.4 is 0 Å². The van der Waals surface area contributed by atoms with Crippen molar-refractivity contribution in [3.8, 4) is 0 Å². The van der Waals surface area contributed by atoms with Crippen LogP contribution in [-0.4, -0.2) is 41.8 Å². The highest BCUT2D eigenvalue weighted by atomic mass is 16.7. The van der Waals surface area contributed by atoms with Gasteiger partial charge in [0.2, 0.25) is 12.0 Å².